The van der Waals surface area contributed by atoms with Crippen molar-refractivity contribution in [3.63, 3.8) is 0 Å². The predicted octanol–water partition coefficient (Wildman–Crippen LogP) is 3.90. The number of nitrogens with zero attached hydrogens (tertiary/aromatic N) is 1. The number of hydrogen-bond donors (Lipinski definition) is 1. The summed E-state index contributed by atoms with van der Waals surface area (Å²) in [5, 5.41) is 9.93. The minimum atomic E-state index is -3.91. The van der Waals surface area contributed by atoms with Gasteiger partial charge in [-0.1, -0.05) is 24.3 Å². The van der Waals surface area contributed by atoms with Crippen LogP contribution >= 0.6 is 0 Å². The van der Waals surface area contributed by atoms with Gasteiger partial charge in [0.1, 0.15) is 34.0 Å². The number of β-amino-alcohol motifs (C(OH)–C–C–N with tert-alkyl or cyclic N) is 1. The van der Waals surface area contributed by atoms with Crippen molar-refractivity contribution in [1.82, 2.24) is 4.90 Å². The Balaban J connectivity index is 1.69. The molecule has 0 saturated carbocycles. The number of likely N-dealkylation sites (tertiary alicyclic amines) is 1. The van der Waals surface area contributed by atoms with Crippen molar-refractivity contribution in [2.75, 3.05) is 33.6 Å². The van der Waals surface area contributed by atoms with Gasteiger partial charge in [-0.05, 0) is 53.1 Å². The Morgan fingerprint density at radius 1 is 0.829 bits per heavy atom. The molecule has 1 aliphatic rings. The van der Waals surface area contributed by atoms with Gasteiger partial charge in [-0.3, -0.25) is 4.90 Å². The Labute approximate surface area is 203 Å². The highest BCUT2D eigenvalue weighted by Gasteiger charge is 2.54. The number of halogens is 2. The number of ether oxygens (including phenoxy) is 2. The second-order valence-electron chi connectivity index (χ2n) is 8.87. The molecule has 1 unspecified atom stereocenters. The number of sulfone groups is 1. The standard InChI is InChI=1S/C26H27F2NO5S/c1-33-22-8-4-17(5-9-22)24(18-6-10-23(34-2)11-7-18)29-15-26(30,16-29)25(35(3,31)32)19-12-20(27)14-21(28)13-19/h4-14,24-25,30H,15-16H2,1-3H3. The molecule has 0 radical (unpaired) electrons. The normalized spacial score (nSPS) is 16.5. The number of aliphatic hydroxyl groups is 1. The summed E-state index contributed by atoms with van der Waals surface area (Å²) in [6.45, 7) is -0.0445. The summed E-state index contributed by atoms with van der Waals surface area (Å²) in [7, 11) is -0.759. The minimum absolute atomic E-state index is 0.0222. The summed E-state index contributed by atoms with van der Waals surface area (Å²) < 4.78 is 63.7. The lowest BCUT2D eigenvalue weighted by Crippen LogP contribution is -2.66. The van der Waals surface area contributed by atoms with Gasteiger partial charge in [0, 0.05) is 25.4 Å². The fourth-order valence-electron chi connectivity index (χ4n) is 4.87. The van der Waals surface area contributed by atoms with Crippen molar-refractivity contribution >= 4 is 9.84 Å². The molecule has 9 heteroatoms. The molecule has 0 aromatic heterocycles. The summed E-state index contributed by atoms with van der Waals surface area (Å²) >= 11 is 0. The number of rotatable bonds is 8. The molecular weight excluding hydrogens is 476 g/mol. The van der Waals surface area contributed by atoms with E-state index < -0.39 is 32.3 Å². The molecule has 0 bridgehead atoms. The molecule has 3 aromatic rings. The van der Waals surface area contributed by atoms with E-state index in [1.165, 1.54) is 0 Å². The van der Waals surface area contributed by atoms with Crippen molar-refractivity contribution in [2.24, 2.45) is 0 Å². The maximum absolute atomic E-state index is 13.9. The third-order valence-corrected chi connectivity index (χ3v) is 7.85. The monoisotopic (exact) mass is 503 g/mol. The Bertz CT molecular complexity index is 1220. The minimum Gasteiger partial charge on any atom is -0.497 e. The van der Waals surface area contributed by atoms with E-state index in [0.29, 0.717) is 17.6 Å². The van der Waals surface area contributed by atoms with Crippen LogP contribution in [0.2, 0.25) is 0 Å². The van der Waals surface area contributed by atoms with E-state index in [4.69, 9.17) is 9.47 Å². The molecule has 4 rings (SSSR count). The fraction of sp³-hybridized carbons (Fsp3) is 0.308. The lowest BCUT2D eigenvalue weighted by atomic mass is 9.82. The second-order valence-corrected chi connectivity index (χ2v) is 11.0. The zero-order valence-electron chi connectivity index (χ0n) is 19.6. The molecule has 1 N–H and O–H groups in total. The third-order valence-electron chi connectivity index (χ3n) is 6.29. The molecule has 1 atom stereocenters. The second kappa shape index (κ2) is 9.56. The van der Waals surface area contributed by atoms with Gasteiger partial charge in [0.15, 0.2) is 9.84 Å². The molecule has 6 nitrogen and oxygen atoms in total. The van der Waals surface area contributed by atoms with E-state index >= 15 is 0 Å². The van der Waals surface area contributed by atoms with Crippen LogP contribution in [0.25, 0.3) is 0 Å². The van der Waals surface area contributed by atoms with Crippen LogP contribution in [-0.2, 0) is 9.84 Å². The summed E-state index contributed by atoms with van der Waals surface area (Å²) in [6, 6.07) is 17.2. The fourth-order valence-corrected chi connectivity index (χ4v) is 6.45. The first-order valence-electron chi connectivity index (χ1n) is 10.9. The van der Waals surface area contributed by atoms with Crippen LogP contribution in [0, 0.1) is 11.6 Å². The van der Waals surface area contributed by atoms with E-state index in [0.717, 1.165) is 29.5 Å². The van der Waals surface area contributed by atoms with E-state index in [1.807, 2.05) is 53.4 Å². The molecule has 0 amide bonds. The van der Waals surface area contributed by atoms with E-state index in [1.54, 1.807) is 14.2 Å². The quantitative estimate of drug-likeness (QED) is 0.503. The zero-order chi connectivity index (χ0) is 25.4. The average Bonchev–Trinajstić information content (AvgIpc) is 2.77. The molecule has 1 aliphatic heterocycles. The van der Waals surface area contributed by atoms with E-state index in [-0.39, 0.29) is 24.7 Å². The largest absolute Gasteiger partial charge is 0.497 e. The van der Waals surface area contributed by atoms with Crippen molar-refractivity contribution in [1.29, 1.82) is 0 Å². The van der Waals surface area contributed by atoms with Crippen LogP contribution in [0.15, 0.2) is 66.7 Å². The van der Waals surface area contributed by atoms with Gasteiger partial charge in [-0.15, -0.1) is 0 Å². The molecule has 1 saturated heterocycles. The first-order valence-corrected chi connectivity index (χ1v) is 12.9. The zero-order valence-corrected chi connectivity index (χ0v) is 20.4. The highest BCUT2D eigenvalue weighted by molar-refractivity contribution is 7.91. The number of methoxy groups -OCH3 is 2. The molecular formula is C26H27F2NO5S. The summed E-state index contributed by atoms with van der Waals surface area (Å²) in [4.78, 5) is 1.93. The topological polar surface area (TPSA) is 76.1 Å². The Morgan fingerprint density at radius 3 is 1.63 bits per heavy atom. The highest BCUT2D eigenvalue weighted by Crippen LogP contribution is 2.45. The molecule has 1 heterocycles. The summed E-state index contributed by atoms with van der Waals surface area (Å²) in [5.41, 5.74) is -0.0283. The average molecular weight is 504 g/mol. The Morgan fingerprint density at radius 2 is 1.26 bits per heavy atom. The van der Waals surface area contributed by atoms with Crippen molar-refractivity contribution in [3.8, 4) is 11.5 Å². The van der Waals surface area contributed by atoms with Crippen molar-refractivity contribution in [2.45, 2.75) is 16.9 Å². The Kier molecular flexibility index (Phi) is 6.86. The lowest BCUT2D eigenvalue weighted by Gasteiger charge is -2.53. The maximum Gasteiger partial charge on any atom is 0.157 e. The van der Waals surface area contributed by atoms with Crippen LogP contribution < -0.4 is 9.47 Å². The molecule has 1 fully saturated rings. The predicted molar refractivity (Wildman–Crippen MR) is 128 cm³/mol. The molecule has 0 spiro atoms. The smallest absolute Gasteiger partial charge is 0.157 e. The van der Waals surface area contributed by atoms with Gasteiger partial charge in [0.05, 0.1) is 20.3 Å². The van der Waals surface area contributed by atoms with E-state index in [9.17, 15) is 22.3 Å². The molecule has 0 aliphatic carbocycles. The molecule has 3 aromatic carbocycles. The molecule has 35 heavy (non-hydrogen) atoms. The Hall–Kier alpha value is -3.01. The lowest BCUT2D eigenvalue weighted by molar-refractivity contribution is -0.112. The van der Waals surface area contributed by atoms with Gasteiger partial charge in [0.2, 0.25) is 0 Å². The third kappa shape index (κ3) is 5.17. The van der Waals surface area contributed by atoms with Crippen LogP contribution in [0.4, 0.5) is 8.78 Å². The van der Waals surface area contributed by atoms with Crippen molar-refractivity contribution < 1.29 is 31.8 Å². The van der Waals surface area contributed by atoms with Crippen LogP contribution in [0.3, 0.4) is 0 Å². The van der Waals surface area contributed by atoms with Crippen molar-refractivity contribution in [3.05, 3.63) is 95.1 Å². The SMILES string of the molecule is COc1ccc(C(c2ccc(OC)cc2)N2CC(O)(C(c3cc(F)cc(F)c3)S(C)(=O)=O)C2)cc1. The van der Waals surface area contributed by atoms with Gasteiger partial charge in [-0.25, -0.2) is 17.2 Å². The van der Waals surface area contributed by atoms with Crippen LogP contribution in [0.1, 0.15) is 28.0 Å². The van der Waals surface area contributed by atoms with Crippen LogP contribution in [-0.4, -0.2) is 57.6 Å². The number of benzene rings is 3. The molecule has 186 valence electrons. The van der Waals surface area contributed by atoms with Gasteiger partial charge < -0.3 is 14.6 Å². The summed E-state index contributed by atoms with van der Waals surface area (Å²) in [5.74, 6) is -0.425. The van der Waals surface area contributed by atoms with Gasteiger partial charge in [0.25, 0.3) is 0 Å². The van der Waals surface area contributed by atoms with E-state index in [2.05, 4.69) is 0 Å². The number of hydrogen-bond acceptors (Lipinski definition) is 6. The van der Waals surface area contributed by atoms with Gasteiger partial charge in [-0.2, -0.15) is 0 Å². The highest BCUT2D eigenvalue weighted by atomic mass is 32.2. The first kappa shape index (κ1) is 25.1. The first-order chi connectivity index (χ1) is 16.5. The van der Waals surface area contributed by atoms with Gasteiger partial charge >= 0.3 is 0 Å². The summed E-state index contributed by atoms with van der Waals surface area (Å²) in [6.07, 6.45) is 0.964. The van der Waals surface area contributed by atoms with Crippen LogP contribution in [0.5, 0.6) is 11.5 Å². The maximum atomic E-state index is 13.9.